The predicted octanol–water partition coefficient (Wildman–Crippen LogP) is 4.39. The summed E-state index contributed by atoms with van der Waals surface area (Å²) in [5, 5.41) is 0. The third-order valence-corrected chi connectivity index (χ3v) is 3.49. The van der Waals surface area contributed by atoms with E-state index in [1.807, 2.05) is 0 Å². The van der Waals surface area contributed by atoms with Gasteiger partial charge in [-0.3, -0.25) is 4.79 Å². The summed E-state index contributed by atoms with van der Waals surface area (Å²) >= 11 is 3.04. The number of anilines is 1. The van der Waals surface area contributed by atoms with E-state index in [0.717, 1.165) is 6.07 Å². The van der Waals surface area contributed by atoms with Crippen LogP contribution < -0.4 is 4.90 Å². The van der Waals surface area contributed by atoms with Crippen molar-refractivity contribution in [2.45, 2.75) is 6.92 Å². The molecule has 2 aromatic carbocycles. The average molecular weight is 340 g/mol. The zero-order chi connectivity index (χ0) is 14.7. The molecule has 0 heterocycles. The van der Waals surface area contributed by atoms with Crippen LogP contribution in [-0.2, 0) is 0 Å². The van der Waals surface area contributed by atoms with Gasteiger partial charge in [-0.05, 0) is 59.3 Å². The fourth-order valence-corrected chi connectivity index (χ4v) is 2.12. The van der Waals surface area contributed by atoms with E-state index in [-0.39, 0.29) is 11.5 Å². The Morgan fingerprint density at radius 2 is 1.95 bits per heavy atom. The topological polar surface area (TPSA) is 20.3 Å². The molecule has 0 fully saturated rings. The quantitative estimate of drug-likeness (QED) is 0.811. The summed E-state index contributed by atoms with van der Waals surface area (Å²) in [7, 11) is 0. The van der Waals surface area contributed by atoms with Crippen molar-refractivity contribution in [1.82, 2.24) is 0 Å². The highest BCUT2D eigenvalue weighted by atomic mass is 79.9. The maximum absolute atomic E-state index is 13.5. The van der Waals surface area contributed by atoms with Crippen molar-refractivity contribution in [2.75, 3.05) is 11.4 Å². The van der Waals surface area contributed by atoms with Crippen molar-refractivity contribution in [3.63, 3.8) is 0 Å². The number of halogens is 3. The van der Waals surface area contributed by atoms with E-state index in [9.17, 15) is 13.6 Å². The summed E-state index contributed by atoms with van der Waals surface area (Å²) in [4.78, 5) is 13.8. The zero-order valence-electron chi connectivity index (χ0n) is 10.7. The highest BCUT2D eigenvalue weighted by Gasteiger charge is 2.17. The highest BCUT2D eigenvalue weighted by molar-refractivity contribution is 9.10. The summed E-state index contributed by atoms with van der Waals surface area (Å²) in [6.07, 6.45) is 0. The van der Waals surface area contributed by atoms with Gasteiger partial charge in [0.15, 0.2) is 0 Å². The molecule has 0 bridgehead atoms. The van der Waals surface area contributed by atoms with Gasteiger partial charge in [-0.2, -0.15) is 0 Å². The van der Waals surface area contributed by atoms with E-state index in [1.165, 1.54) is 35.2 Å². The largest absolute Gasteiger partial charge is 0.309 e. The Morgan fingerprint density at radius 1 is 1.20 bits per heavy atom. The standard InChI is InChI=1S/C15H12BrF2NO/c1-2-19(12-5-3-4-11(17)9-12)15(20)10-6-7-13(16)14(18)8-10/h3-9H,2H2,1H3. The minimum atomic E-state index is -0.508. The third-order valence-electron chi connectivity index (χ3n) is 2.85. The number of hydrogen-bond acceptors (Lipinski definition) is 1. The number of benzene rings is 2. The first-order valence-corrected chi connectivity index (χ1v) is 6.84. The predicted molar refractivity (Wildman–Crippen MR) is 77.9 cm³/mol. The number of hydrogen-bond donors (Lipinski definition) is 0. The molecule has 0 aliphatic carbocycles. The van der Waals surface area contributed by atoms with Crippen molar-refractivity contribution in [2.24, 2.45) is 0 Å². The molecule has 0 aromatic heterocycles. The Balaban J connectivity index is 2.36. The van der Waals surface area contributed by atoms with Gasteiger partial charge in [-0.25, -0.2) is 8.78 Å². The minimum absolute atomic E-state index is 0.219. The second-order valence-corrected chi connectivity index (χ2v) is 5.01. The molecular formula is C15H12BrF2NO. The number of rotatable bonds is 3. The molecule has 1 amide bonds. The Morgan fingerprint density at radius 3 is 2.55 bits per heavy atom. The maximum Gasteiger partial charge on any atom is 0.258 e. The Bertz CT molecular complexity index is 646. The number of carbonyl (C=O) groups is 1. The van der Waals surface area contributed by atoms with Crippen LogP contribution in [0.5, 0.6) is 0 Å². The van der Waals surface area contributed by atoms with Crippen molar-refractivity contribution in [3.05, 3.63) is 64.1 Å². The maximum atomic E-state index is 13.5. The highest BCUT2D eigenvalue weighted by Crippen LogP contribution is 2.21. The van der Waals surface area contributed by atoms with Crippen LogP contribution in [0.15, 0.2) is 46.9 Å². The van der Waals surface area contributed by atoms with Gasteiger partial charge in [0.1, 0.15) is 11.6 Å². The van der Waals surface area contributed by atoms with Crippen LogP contribution in [0.1, 0.15) is 17.3 Å². The molecule has 2 rings (SSSR count). The van der Waals surface area contributed by atoms with Gasteiger partial charge >= 0.3 is 0 Å². The van der Waals surface area contributed by atoms with Gasteiger partial charge in [0, 0.05) is 17.8 Å². The lowest BCUT2D eigenvalue weighted by Crippen LogP contribution is -2.30. The van der Waals surface area contributed by atoms with Gasteiger partial charge < -0.3 is 4.90 Å². The van der Waals surface area contributed by atoms with Gasteiger partial charge in [-0.1, -0.05) is 6.07 Å². The second kappa shape index (κ2) is 6.13. The van der Waals surface area contributed by atoms with Crippen LogP contribution in [0.2, 0.25) is 0 Å². The molecule has 0 aliphatic heterocycles. The molecule has 0 saturated carbocycles. The number of amides is 1. The van der Waals surface area contributed by atoms with Gasteiger partial charge in [0.2, 0.25) is 0 Å². The second-order valence-electron chi connectivity index (χ2n) is 4.16. The van der Waals surface area contributed by atoms with Gasteiger partial charge in [0.05, 0.1) is 4.47 Å². The molecule has 2 aromatic rings. The van der Waals surface area contributed by atoms with Crippen LogP contribution in [-0.4, -0.2) is 12.5 Å². The Kier molecular flexibility index (Phi) is 4.49. The molecular weight excluding hydrogens is 328 g/mol. The summed E-state index contributed by atoms with van der Waals surface area (Å²) < 4.78 is 27.0. The molecule has 0 N–H and O–H groups in total. The molecule has 0 saturated heterocycles. The molecule has 104 valence electrons. The zero-order valence-corrected chi connectivity index (χ0v) is 12.3. The molecule has 5 heteroatoms. The van der Waals surface area contributed by atoms with Crippen molar-refractivity contribution < 1.29 is 13.6 Å². The molecule has 0 radical (unpaired) electrons. The van der Waals surface area contributed by atoms with Crippen molar-refractivity contribution in [1.29, 1.82) is 0 Å². The Hall–Kier alpha value is -1.75. The van der Waals surface area contributed by atoms with Gasteiger partial charge in [0.25, 0.3) is 5.91 Å². The normalized spacial score (nSPS) is 10.4. The number of carbonyl (C=O) groups excluding carboxylic acids is 1. The van der Waals surface area contributed by atoms with E-state index in [4.69, 9.17) is 0 Å². The monoisotopic (exact) mass is 339 g/mol. The molecule has 2 nitrogen and oxygen atoms in total. The average Bonchev–Trinajstić information content (AvgIpc) is 2.42. The lowest BCUT2D eigenvalue weighted by atomic mass is 10.1. The molecule has 0 unspecified atom stereocenters. The van der Waals surface area contributed by atoms with Crippen LogP contribution in [0.25, 0.3) is 0 Å². The first kappa shape index (κ1) is 14.7. The molecule has 20 heavy (non-hydrogen) atoms. The molecule has 0 atom stereocenters. The Labute approximate surface area is 124 Å². The van der Waals surface area contributed by atoms with E-state index in [2.05, 4.69) is 15.9 Å². The fourth-order valence-electron chi connectivity index (χ4n) is 1.87. The summed E-state index contributed by atoms with van der Waals surface area (Å²) in [5.74, 6) is -1.30. The molecule has 0 spiro atoms. The number of nitrogens with zero attached hydrogens (tertiary/aromatic N) is 1. The first-order chi connectivity index (χ1) is 9.52. The SMILES string of the molecule is CCN(C(=O)c1ccc(Br)c(F)c1)c1cccc(F)c1. The van der Waals surface area contributed by atoms with Crippen LogP contribution in [0.3, 0.4) is 0 Å². The van der Waals surface area contributed by atoms with Crippen LogP contribution >= 0.6 is 15.9 Å². The van der Waals surface area contributed by atoms with E-state index < -0.39 is 11.6 Å². The van der Waals surface area contributed by atoms with Crippen molar-refractivity contribution >= 4 is 27.5 Å². The summed E-state index contributed by atoms with van der Waals surface area (Å²) in [6, 6.07) is 9.91. The first-order valence-electron chi connectivity index (χ1n) is 6.05. The van der Waals surface area contributed by atoms with Gasteiger partial charge in [-0.15, -0.1) is 0 Å². The lowest BCUT2D eigenvalue weighted by molar-refractivity contribution is 0.0988. The summed E-state index contributed by atoms with van der Waals surface area (Å²) in [6.45, 7) is 2.14. The van der Waals surface area contributed by atoms with E-state index in [1.54, 1.807) is 13.0 Å². The van der Waals surface area contributed by atoms with E-state index >= 15 is 0 Å². The lowest BCUT2D eigenvalue weighted by Gasteiger charge is -2.21. The minimum Gasteiger partial charge on any atom is -0.309 e. The molecule has 0 aliphatic rings. The smallest absolute Gasteiger partial charge is 0.258 e. The van der Waals surface area contributed by atoms with E-state index in [0.29, 0.717) is 16.7 Å². The van der Waals surface area contributed by atoms with Crippen LogP contribution in [0, 0.1) is 11.6 Å². The summed E-state index contributed by atoms with van der Waals surface area (Å²) in [5.41, 5.74) is 0.664. The van der Waals surface area contributed by atoms with Crippen molar-refractivity contribution in [3.8, 4) is 0 Å². The third kappa shape index (κ3) is 3.04. The fraction of sp³-hybridized carbons (Fsp3) is 0.133. The van der Waals surface area contributed by atoms with Crippen LogP contribution in [0.4, 0.5) is 14.5 Å².